The molecule has 0 bridgehead atoms. The third-order valence-corrected chi connectivity index (χ3v) is 7.23. The lowest BCUT2D eigenvalue weighted by atomic mass is 10.0. The highest BCUT2D eigenvalue weighted by molar-refractivity contribution is 7.14. The number of benzene rings is 1. The van der Waals surface area contributed by atoms with Crippen LogP contribution < -0.4 is 10.2 Å². The van der Waals surface area contributed by atoms with Crippen LogP contribution in [0.25, 0.3) is 21.3 Å². The molecular weight excluding hydrogens is 446 g/mol. The maximum atomic E-state index is 13.0. The van der Waals surface area contributed by atoms with E-state index in [2.05, 4.69) is 49.4 Å². The molecular formula is C25H27N7OS. The first-order chi connectivity index (χ1) is 16.5. The Bertz CT molecular complexity index is 1330. The van der Waals surface area contributed by atoms with Gasteiger partial charge in [0.2, 0.25) is 0 Å². The zero-order chi connectivity index (χ0) is 23.7. The summed E-state index contributed by atoms with van der Waals surface area (Å²) in [7, 11) is 4.21. The lowest BCUT2D eigenvalue weighted by molar-refractivity contribution is 0.102. The molecule has 1 fully saturated rings. The van der Waals surface area contributed by atoms with E-state index in [0.29, 0.717) is 17.4 Å². The minimum atomic E-state index is -0.205. The Balaban J connectivity index is 1.33. The summed E-state index contributed by atoms with van der Waals surface area (Å²) in [6.07, 6.45) is 5.64. The van der Waals surface area contributed by atoms with Gasteiger partial charge in [-0.1, -0.05) is 23.5 Å². The van der Waals surface area contributed by atoms with Gasteiger partial charge in [-0.05, 0) is 69.6 Å². The van der Waals surface area contributed by atoms with Crippen molar-refractivity contribution in [1.82, 2.24) is 25.1 Å². The van der Waals surface area contributed by atoms with Gasteiger partial charge in [-0.15, -0.1) is 10.2 Å². The summed E-state index contributed by atoms with van der Waals surface area (Å²) in [6, 6.07) is 12.0. The van der Waals surface area contributed by atoms with Gasteiger partial charge in [0.15, 0.2) is 0 Å². The summed E-state index contributed by atoms with van der Waals surface area (Å²) in [5.74, 6) is 1.11. The Morgan fingerprint density at radius 1 is 1.09 bits per heavy atom. The van der Waals surface area contributed by atoms with Crippen LogP contribution in [-0.2, 0) is 0 Å². The molecule has 1 amide bonds. The van der Waals surface area contributed by atoms with Crippen LogP contribution in [0.2, 0.25) is 0 Å². The zero-order valence-electron chi connectivity index (χ0n) is 19.5. The van der Waals surface area contributed by atoms with Crippen molar-refractivity contribution >= 4 is 39.7 Å². The van der Waals surface area contributed by atoms with Crippen LogP contribution in [0.4, 0.5) is 11.6 Å². The number of carbonyl (C=O) groups is 1. The highest BCUT2D eigenvalue weighted by Crippen LogP contribution is 2.28. The van der Waals surface area contributed by atoms with Crippen LogP contribution >= 0.6 is 11.3 Å². The van der Waals surface area contributed by atoms with Crippen LogP contribution in [0, 0.1) is 6.92 Å². The van der Waals surface area contributed by atoms with E-state index in [0.717, 1.165) is 58.1 Å². The summed E-state index contributed by atoms with van der Waals surface area (Å²) < 4.78 is 0. The fraction of sp³-hybridized carbons (Fsp3) is 0.320. The smallest absolute Gasteiger partial charge is 0.257 e. The van der Waals surface area contributed by atoms with Gasteiger partial charge in [0, 0.05) is 42.0 Å². The number of nitrogens with one attached hydrogen (secondary N) is 1. The molecule has 1 aliphatic rings. The molecule has 9 heteroatoms. The minimum Gasteiger partial charge on any atom is -0.357 e. The second-order valence-corrected chi connectivity index (χ2v) is 9.94. The molecule has 34 heavy (non-hydrogen) atoms. The number of aromatic nitrogens is 4. The second kappa shape index (κ2) is 9.44. The van der Waals surface area contributed by atoms with E-state index >= 15 is 0 Å². The predicted molar refractivity (Wildman–Crippen MR) is 136 cm³/mol. The molecule has 0 saturated carbocycles. The van der Waals surface area contributed by atoms with Crippen molar-refractivity contribution in [3.8, 4) is 10.6 Å². The van der Waals surface area contributed by atoms with Gasteiger partial charge in [-0.3, -0.25) is 4.79 Å². The number of piperidine rings is 1. The second-order valence-electron chi connectivity index (χ2n) is 8.76. The fourth-order valence-corrected chi connectivity index (χ4v) is 4.95. The van der Waals surface area contributed by atoms with Gasteiger partial charge in [-0.25, -0.2) is 9.97 Å². The number of anilines is 2. The Hall–Kier alpha value is -3.43. The molecule has 1 aromatic carbocycles. The van der Waals surface area contributed by atoms with Gasteiger partial charge in [0.25, 0.3) is 5.91 Å². The van der Waals surface area contributed by atoms with Crippen LogP contribution in [0.5, 0.6) is 0 Å². The first-order valence-corrected chi connectivity index (χ1v) is 12.2. The Kier molecular flexibility index (Phi) is 6.21. The maximum absolute atomic E-state index is 13.0. The topological polar surface area (TPSA) is 87.1 Å². The molecule has 0 atom stereocenters. The third-order valence-electron chi connectivity index (χ3n) is 6.34. The number of likely N-dealkylation sites (tertiary alicyclic amines) is 1. The van der Waals surface area contributed by atoms with Gasteiger partial charge in [0.1, 0.15) is 21.7 Å². The van der Waals surface area contributed by atoms with Gasteiger partial charge < -0.3 is 15.1 Å². The van der Waals surface area contributed by atoms with Crippen LogP contribution in [0.15, 0.2) is 48.8 Å². The molecule has 0 unspecified atom stereocenters. The Morgan fingerprint density at radius 2 is 1.91 bits per heavy atom. The minimum absolute atomic E-state index is 0.205. The zero-order valence-corrected chi connectivity index (χ0v) is 20.3. The highest BCUT2D eigenvalue weighted by atomic mass is 32.1. The van der Waals surface area contributed by atoms with Crippen molar-refractivity contribution in [3.63, 3.8) is 0 Å². The summed E-state index contributed by atoms with van der Waals surface area (Å²) in [6.45, 7) is 4.09. The van der Waals surface area contributed by atoms with E-state index < -0.39 is 0 Å². The number of rotatable bonds is 5. The number of fused-ring (bicyclic) bond motifs is 1. The number of hydrogen-bond acceptors (Lipinski definition) is 8. The first kappa shape index (κ1) is 22.4. The van der Waals surface area contributed by atoms with E-state index in [1.54, 1.807) is 29.8 Å². The highest BCUT2D eigenvalue weighted by Gasteiger charge is 2.22. The number of carbonyl (C=O) groups excluding carboxylic acids is 1. The van der Waals surface area contributed by atoms with Crippen LogP contribution in [0.1, 0.15) is 28.2 Å². The molecule has 1 saturated heterocycles. The predicted octanol–water partition coefficient (Wildman–Crippen LogP) is 4.24. The average molecular weight is 474 g/mol. The molecule has 0 aliphatic carbocycles. The molecule has 3 aromatic heterocycles. The molecule has 1 N–H and O–H groups in total. The number of amides is 1. The summed E-state index contributed by atoms with van der Waals surface area (Å²) in [5.41, 5.74) is 1.56. The van der Waals surface area contributed by atoms with E-state index in [9.17, 15) is 4.79 Å². The van der Waals surface area contributed by atoms with Crippen LogP contribution in [-0.4, -0.2) is 64.2 Å². The van der Waals surface area contributed by atoms with Crippen molar-refractivity contribution in [1.29, 1.82) is 0 Å². The van der Waals surface area contributed by atoms with Crippen molar-refractivity contribution in [3.05, 3.63) is 59.4 Å². The standard InChI is InChI=1S/C25H27N7OS/c1-16-29-30-25(34-16)18-4-5-19-15-27-22(13-20(19)12-18)28-24(33)17-6-9-26-23(14-17)32(3)21-7-10-31(2)11-8-21/h4-6,9,12-15,21H,7-8,10-11H2,1-3H3,(H,27,28,33). The monoisotopic (exact) mass is 473 g/mol. The number of pyridine rings is 2. The Morgan fingerprint density at radius 3 is 2.68 bits per heavy atom. The van der Waals surface area contributed by atoms with Crippen molar-refractivity contribution in [2.75, 3.05) is 37.4 Å². The largest absolute Gasteiger partial charge is 0.357 e. The van der Waals surface area contributed by atoms with Crippen LogP contribution in [0.3, 0.4) is 0 Å². The number of nitrogens with zero attached hydrogens (tertiary/aromatic N) is 6. The van der Waals surface area contributed by atoms with Gasteiger partial charge in [0.05, 0.1) is 0 Å². The molecule has 4 heterocycles. The maximum Gasteiger partial charge on any atom is 0.257 e. The number of hydrogen-bond donors (Lipinski definition) is 1. The van der Waals surface area contributed by atoms with Crippen molar-refractivity contribution in [2.24, 2.45) is 0 Å². The van der Waals surface area contributed by atoms with Gasteiger partial charge >= 0.3 is 0 Å². The van der Waals surface area contributed by atoms with Gasteiger partial charge in [-0.2, -0.15) is 0 Å². The first-order valence-electron chi connectivity index (χ1n) is 11.4. The molecule has 174 valence electrons. The summed E-state index contributed by atoms with van der Waals surface area (Å²) in [5, 5.41) is 15.1. The van der Waals surface area contributed by atoms with E-state index in [1.807, 2.05) is 37.3 Å². The van der Waals surface area contributed by atoms with E-state index in [1.165, 1.54) is 0 Å². The molecule has 1 aliphatic heterocycles. The third kappa shape index (κ3) is 4.76. The van der Waals surface area contributed by atoms with Crippen molar-refractivity contribution < 1.29 is 4.79 Å². The SMILES string of the molecule is Cc1nnc(-c2ccc3cnc(NC(=O)c4ccnc(N(C)C5CCN(C)CC5)c4)cc3c2)s1. The van der Waals surface area contributed by atoms with E-state index in [4.69, 9.17) is 0 Å². The normalized spacial score (nSPS) is 14.9. The summed E-state index contributed by atoms with van der Waals surface area (Å²) >= 11 is 1.56. The lowest BCUT2D eigenvalue weighted by Crippen LogP contribution is -2.42. The van der Waals surface area contributed by atoms with E-state index in [-0.39, 0.29) is 5.91 Å². The quantitative estimate of drug-likeness (QED) is 0.464. The molecule has 5 rings (SSSR count). The molecule has 0 spiro atoms. The average Bonchev–Trinajstić information content (AvgIpc) is 3.30. The summed E-state index contributed by atoms with van der Waals surface area (Å²) in [4.78, 5) is 26.5. The molecule has 8 nitrogen and oxygen atoms in total. The Labute approximate surface area is 202 Å². The molecule has 0 radical (unpaired) electrons. The number of aryl methyl sites for hydroxylation is 1. The van der Waals surface area contributed by atoms with Crippen molar-refractivity contribution in [2.45, 2.75) is 25.8 Å². The fourth-order valence-electron chi connectivity index (χ4n) is 4.27. The molecule has 4 aromatic rings. The lowest BCUT2D eigenvalue weighted by Gasteiger charge is -2.35.